The maximum atomic E-state index is 7.57. The first kappa shape index (κ1) is 14.4. The minimum atomic E-state index is -0.0543. The number of halogens is 3. The fraction of sp³-hybridized carbons (Fsp3) is 0. The molecule has 2 aromatic carbocycles. The van der Waals surface area contributed by atoms with Crippen molar-refractivity contribution in [2.75, 3.05) is 0 Å². The van der Waals surface area contributed by atoms with E-state index in [0.29, 0.717) is 22.1 Å². The van der Waals surface area contributed by atoms with E-state index in [2.05, 4.69) is 31.9 Å². The van der Waals surface area contributed by atoms with Gasteiger partial charge in [-0.2, -0.15) is 0 Å². The second kappa shape index (κ2) is 5.94. The zero-order valence-corrected chi connectivity index (χ0v) is 13.5. The summed E-state index contributed by atoms with van der Waals surface area (Å²) in [5, 5.41) is 8.18. The summed E-state index contributed by atoms with van der Waals surface area (Å²) in [6.45, 7) is 0. The van der Waals surface area contributed by atoms with Crippen molar-refractivity contribution in [3.05, 3.63) is 55.9 Å². The van der Waals surface area contributed by atoms with E-state index >= 15 is 0 Å². The van der Waals surface area contributed by atoms with Gasteiger partial charge >= 0.3 is 0 Å². The Morgan fingerprint density at radius 2 is 1.79 bits per heavy atom. The van der Waals surface area contributed by atoms with Gasteiger partial charge in [-0.15, -0.1) is 0 Å². The van der Waals surface area contributed by atoms with E-state index in [4.69, 9.17) is 27.5 Å². The first-order valence-corrected chi connectivity index (χ1v) is 7.20. The van der Waals surface area contributed by atoms with Crippen molar-refractivity contribution >= 4 is 49.3 Å². The number of rotatable bonds is 3. The van der Waals surface area contributed by atoms with Crippen LogP contribution in [0.5, 0.6) is 11.5 Å². The van der Waals surface area contributed by atoms with Crippen molar-refractivity contribution in [3.63, 3.8) is 0 Å². The molecule has 0 aliphatic rings. The van der Waals surface area contributed by atoms with Crippen LogP contribution in [0.25, 0.3) is 0 Å². The van der Waals surface area contributed by atoms with Crippen molar-refractivity contribution < 1.29 is 4.74 Å². The molecule has 0 fully saturated rings. The van der Waals surface area contributed by atoms with Gasteiger partial charge in [0.05, 0.1) is 10.0 Å². The van der Waals surface area contributed by atoms with Crippen LogP contribution in [0.3, 0.4) is 0 Å². The van der Waals surface area contributed by atoms with Gasteiger partial charge in [0.1, 0.15) is 17.3 Å². The molecule has 0 aromatic heterocycles. The number of nitrogen functional groups attached to an aromatic ring is 1. The number of nitrogens with one attached hydrogen (secondary N) is 1. The molecule has 3 N–H and O–H groups in total. The van der Waals surface area contributed by atoms with E-state index in [-0.39, 0.29) is 5.84 Å². The van der Waals surface area contributed by atoms with E-state index < -0.39 is 0 Å². The molecule has 0 atom stereocenters. The molecule has 0 radical (unpaired) electrons. The Hall–Kier alpha value is -1.04. The molecular formula is C13H9Br2ClN2O. The van der Waals surface area contributed by atoms with Gasteiger partial charge in [-0.05, 0) is 52.3 Å². The molecule has 19 heavy (non-hydrogen) atoms. The van der Waals surface area contributed by atoms with Gasteiger partial charge in [-0.3, -0.25) is 5.41 Å². The summed E-state index contributed by atoms with van der Waals surface area (Å²) in [4.78, 5) is 0. The predicted molar refractivity (Wildman–Crippen MR) is 84.4 cm³/mol. The van der Waals surface area contributed by atoms with E-state index in [1.54, 1.807) is 30.3 Å². The molecule has 0 unspecified atom stereocenters. The lowest BCUT2D eigenvalue weighted by molar-refractivity contribution is 0.478. The molecule has 0 spiro atoms. The van der Waals surface area contributed by atoms with Gasteiger partial charge in [0.2, 0.25) is 0 Å². The zero-order chi connectivity index (χ0) is 14.0. The zero-order valence-electron chi connectivity index (χ0n) is 9.58. The third kappa shape index (κ3) is 3.49. The maximum Gasteiger partial charge on any atom is 0.141 e. The maximum absolute atomic E-state index is 7.57. The van der Waals surface area contributed by atoms with Gasteiger partial charge in [0.15, 0.2) is 0 Å². The number of amidine groups is 1. The van der Waals surface area contributed by atoms with Crippen molar-refractivity contribution in [1.82, 2.24) is 0 Å². The van der Waals surface area contributed by atoms with Gasteiger partial charge in [-0.25, -0.2) is 0 Å². The van der Waals surface area contributed by atoms with Crippen LogP contribution in [0, 0.1) is 5.41 Å². The summed E-state index contributed by atoms with van der Waals surface area (Å²) in [5.74, 6) is 1.06. The largest absolute Gasteiger partial charge is 0.455 e. The molecule has 6 heteroatoms. The second-order valence-electron chi connectivity index (χ2n) is 3.73. The predicted octanol–water partition coefficient (Wildman–Crippen LogP) is 4.94. The summed E-state index contributed by atoms with van der Waals surface area (Å²) in [6.07, 6.45) is 0. The van der Waals surface area contributed by atoms with Gasteiger partial charge in [0, 0.05) is 9.50 Å². The Kier molecular flexibility index (Phi) is 4.50. The number of hydrogen-bond donors (Lipinski definition) is 2. The molecular weight excluding hydrogens is 395 g/mol. The third-order valence-corrected chi connectivity index (χ3v) is 3.69. The molecule has 0 aliphatic heterocycles. The highest BCUT2D eigenvalue weighted by atomic mass is 79.9. The van der Waals surface area contributed by atoms with Crippen LogP contribution in [0.1, 0.15) is 5.56 Å². The van der Waals surface area contributed by atoms with E-state index in [0.717, 1.165) is 8.95 Å². The van der Waals surface area contributed by atoms with Crippen LogP contribution in [0.4, 0.5) is 0 Å². The van der Waals surface area contributed by atoms with Crippen LogP contribution in [-0.4, -0.2) is 5.84 Å². The summed E-state index contributed by atoms with van der Waals surface area (Å²) in [6, 6.07) is 10.5. The molecule has 0 saturated heterocycles. The normalized spacial score (nSPS) is 10.3. The monoisotopic (exact) mass is 402 g/mol. The topological polar surface area (TPSA) is 59.1 Å². The SMILES string of the molecule is N=C(N)c1cc(Br)ccc1Oc1ccc(Cl)cc1Br. The molecule has 0 heterocycles. The van der Waals surface area contributed by atoms with Gasteiger partial charge < -0.3 is 10.5 Å². The van der Waals surface area contributed by atoms with Gasteiger partial charge in [0.25, 0.3) is 0 Å². The third-order valence-electron chi connectivity index (χ3n) is 2.35. The molecule has 3 nitrogen and oxygen atoms in total. The van der Waals surface area contributed by atoms with Crippen molar-refractivity contribution in [2.45, 2.75) is 0 Å². The molecule has 0 saturated carbocycles. The fourth-order valence-corrected chi connectivity index (χ4v) is 2.60. The number of hydrogen-bond acceptors (Lipinski definition) is 2. The van der Waals surface area contributed by atoms with E-state index in [9.17, 15) is 0 Å². The quantitative estimate of drug-likeness (QED) is 0.562. The van der Waals surface area contributed by atoms with E-state index in [1.807, 2.05) is 6.07 Å². The van der Waals surface area contributed by atoms with Crippen molar-refractivity contribution in [3.8, 4) is 11.5 Å². The number of nitrogens with two attached hydrogens (primary N) is 1. The smallest absolute Gasteiger partial charge is 0.141 e. The minimum absolute atomic E-state index is 0.0543. The van der Waals surface area contributed by atoms with Crippen molar-refractivity contribution in [1.29, 1.82) is 5.41 Å². The highest BCUT2D eigenvalue weighted by Gasteiger charge is 2.10. The first-order valence-electron chi connectivity index (χ1n) is 5.24. The Balaban J connectivity index is 2.40. The Bertz CT molecular complexity index is 647. The first-order chi connectivity index (χ1) is 8.97. The number of ether oxygens (including phenoxy) is 1. The molecule has 98 valence electrons. The molecule has 0 bridgehead atoms. The van der Waals surface area contributed by atoms with Crippen LogP contribution >= 0.6 is 43.5 Å². The summed E-state index contributed by atoms with van der Waals surface area (Å²) < 4.78 is 7.33. The second-order valence-corrected chi connectivity index (χ2v) is 5.94. The Labute approximate surface area is 132 Å². The summed E-state index contributed by atoms with van der Waals surface area (Å²) >= 11 is 12.6. The highest BCUT2D eigenvalue weighted by molar-refractivity contribution is 9.10. The Morgan fingerprint density at radius 1 is 1.11 bits per heavy atom. The molecule has 2 rings (SSSR count). The van der Waals surface area contributed by atoms with Crippen LogP contribution in [0.2, 0.25) is 5.02 Å². The molecule has 0 amide bonds. The lowest BCUT2D eigenvalue weighted by Crippen LogP contribution is -2.12. The average Bonchev–Trinajstić information content (AvgIpc) is 2.34. The van der Waals surface area contributed by atoms with Crippen molar-refractivity contribution in [2.24, 2.45) is 5.73 Å². The number of benzene rings is 2. The van der Waals surface area contributed by atoms with Crippen LogP contribution in [0.15, 0.2) is 45.3 Å². The Morgan fingerprint density at radius 3 is 2.42 bits per heavy atom. The minimum Gasteiger partial charge on any atom is -0.455 e. The van der Waals surface area contributed by atoms with Crippen LogP contribution < -0.4 is 10.5 Å². The lowest BCUT2D eigenvalue weighted by atomic mass is 10.2. The van der Waals surface area contributed by atoms with E-state index in [1.165, 1.54) is 0 Å². The van der Waals surface area contributed by atoms with Crippen LogP contribution in [-0.2, 0) is 0 Å². The fourth-order valence-electron chi connectivity index (χ4n) is 1.48. The van der Waals surface area contributed by atoms with Gasteiger partial charge in [-0.1, -0.05) is 27.5 Å². The standard InChI is InChI=1S/C13H9Br2ClN2O/c14-7-1-3-11(9(5-7)13(17)18)19-12-4-2-8(16)6-10(12)15/h1-6H,(H3,17,18). The molecule has 2 aromatic rings. The average molecular weight is 404 g/mol. The highest BCUT2D eigenvalue weighted by Crippen LogP contribution is 2.34. The lowest BCUT2D eigenvalue weighted by Gasteiger charge is -2.12. The summed E-state index contributed by atoms with van der Waals surface area (Å²) in [5.41, 5.74) is 6.07. The molecule has 0 aliphatic carbocycles. The summed E-state index contributed by atoms with van der Waals surface area (Å²) in [7, 11) is 0.